The lowest BCUT2D eigenvalue weighted by atomic mass is 9.94. The van der Waals surface area contributed by atoms with Gasteiger partial charge in [-0.1, -0.05) is 6.07 Å². The highest BCUT2D eigenvalue weighted by atomic mass is 16.5. The lowest BCUT2D eigenvalue weighted by Crippen LogP contribution is -2.13. The number of hydrogen-bond donors (Lipinski definition) is 3. The largest absolute Gasteiger partial charge is 0.474 e. The van der Waals surface area contributed by atoms with Crippen LogP contribution in [0.2, 0.25) is 0 Å². The number of nitrogens with one attached hydrogen (secondary N) is 3. The summed E-state index contributed by atoms with van der Waals surface area (Å²) in [5, 5.41) is 9.32. The molecule has 3 N–H and O–H groups in total. The van der Waals surface area contributed by atoms with E-state index in [0.29, 0.717) is 18.5 Å². The summed E-state index contributed by atoms with van der Waals surface area (Å²) < 4.78 is 5.69. The monoisotopic (exact) mass is 401 g/mol. The maximum atomic E-state index is 12.3. The predicted molar refractivity (Wildman–Crippen MR) is 116 cm³/mol. The molecule has 3 heterocycles. The second-order valence-electron chi connectivity index (χ2n) is 7.66. The number of hydrogen-bond acceptors (Lipinski definition) is 6. The first-order valence-electron chi connectivity index (χ1n) is 10.1. The van der Waals surface area contributed by atoms with E-state index in [2.05, 4.69) is 32.8 Å². The Bertz CT molecular complexity index is 1120. The number of amides is 1. The molecule has 1 fully saturated rings. The number of carbonyl (C=O) groups excluding carboxylic acids is 1. The third-order valence-electron chi connectivity index (χ3n) is 5.46. The molecule has 30 heavy (non-hydrogen) atoms. The van der Waals surface area contributed by atoms with Gasteiger partial charge in [-0.2, -0.15) is 0 Å². The first-order valence-corrected chi connectivity index (χ1v) is 10.1. The molecule has 1 amide bonds. The van der Waals surface area contributed by atoms with Gasteiger partial charge in [0.2, 0.25) is 5.88 Å². The van der Waals surface area contributed by atoms with Crippen LogP contribution in [0.3, 0.4) is 0 Å². The van der Waals surface area contributed by atoms with E-state index in [1.165, 1.54) is 0 Å². The third kappa shape index (κ3) is 3.43. The molecular formula is C23H23N5O2. The van der Waals surface area contributed by atoms with Crippen molar-refractivity contribution in [3.8, 4) is 17.0 Å². The molecule has 2 aliphatic rings. The molecule has 0 radical (unpaired) electrons. The summed E-state index contributed by atoms with van der Waals surface area (Å²) in [6.45, 7) is 2.58. The molecule has 7 heteroatoms. The van der Waals surface area contributed by atoms with Crippen molar-refractivity contribution in [2.45, 2.75) is 32.4 Å². The number of aromatic nitrogens is 2. The van der Waals surface area contributed by atoms with Crippen molar-refractivity contribution in [1.29, 1.82) is 0 Å². The fraction of sp³-hybridized carbons (Fsp3) is 0.261. The molecule has 0 saturated heterocycles. The molecule has 0 atom stereocenters. The van der Waals surface area contributed by atoms with Crippen molar-refractivity contribution < 1.29 is 9.53 Å². The summed E-state index contributed by atoms with van der Waals surface area (Å²) in [4.78, 5) is 21.2. The Morgan fingerprint density at radius 1 is 1.10 bits per heavy atom. The molecular weight excluding hydrogens is 378 g/mol. The van der Waals surface area contributed by atoms with E-state index in [1.807, 2.05) is 43.6 Å². The van der Waals surface area contributed by atoms with E-state index < -0.39 is 0 Å². The Morgan fingerprint density at radius 3 is 2.67 bits per heavy atom. The second-order valence-corrected chi connectivity index (χ2v) is 7.66. The Labute approximate surface area is 174 Å². The van der Waals surface area contributed by atoms with Crippen LogP contribution in [0.15, 0.2) is 42.7 Å². The molecule has 0 unspecified atom stereocenters. The van der Waals surface area contributed by atoms with E-state index in [-0.39, 0.29) is 5.91 Å². The molecule has 5 rings (SSSR count). The van der Waals surface area contributed by atoms with Gasteiger partial charge in [-0.15, -0.1) is 0 Å². The molecule has 1 aliphatic carbocycles. The number of aryl methyl sites for hydroxylation is 1. The topological polar surface area (TPSA) is 88.2 Å². The van der Waals surface area contributed by atoms with Crippen LogP contribution < -0.4 is 20.7 Å². The van der Waals surface area contributed by atoms with Gasteiger partial charge in [0.25, 0.3) is 5.91 Å². The molecule has 2 aromatic heterocycles. The van der Waals surface area contributed by atoms with E-state index >= 15 is 0 Å². The maximum absolute atomic E-state index is 12.3. The van der Waals surface area contributed by atoms with Gasteiger partial charge < -0.3 is 20.7 Å². The quantitative estimate of drug-likeness (QED) is 0.578. The zero-order valence-electron chi connectivity index (χ0n) is 17.0. The SMILES string of the molecule is CNc1ccc(-c2cnc(Nc3ccc(OC4CC4)nc3)cc2C)c2c1C(=O)NC2. The fourth-order valence-corrected chi connectivity index (χ4v) is 3.74. The summed E-state index contributed by atoms with van der Waals surface area (Å²) in [6, 6.07) is 9.81. The number of anilines is 3. The van der Waals surface area contributed by atoms with Gasteiger partial charge in [0.15, 0.2) is 0 Å². The molecule has 0 spiro atoms. The highest BCUT2D eigenvalue weighted by Gasteiger charge is 2.26. The molecule has 7 nitrogen and oxygen atoms in total. The number of ether oxygens (including phenoxy) is 1. The average molecular weight is 401 g/mol. The summed E-state index contributed by atoms with van der Waals surface area (Å²) in [6.07, 6.45) is 6.17. The molecule has 0 bridgehead atoms. The number of rotatable bonds is 6. The zero-order chi connectivity index (χ0) is 20.7. The molecule has 1 aliphatic heterocycles. The normalized spacial score (nSPS) is 14.8. The van der Waals surface area contributed by atoms with Crippen LogP contribution in [-0.2, 0) is 6.54 Å². The Morgan fingerprint density at radius 2 is 1.97 bits per heavy atom. The van der Waals surface area contributed by atoms with Crippen LogP contribution in [-0.4, -0.2) is 29.0 Å². The van der Waals surface area contributed by atoms with Crippen molar-refractivity contribution >= 4 is 23.1 Å². The van der Waals surface area contributed by atoms with Crippen molar-refractivity contribution in [2.75, 3.05) is 17.7 Å². The summed E-state index contributed by atoms with van der Waals surface area (Å²) in [5.41, 5.74) is 6.54. The van der Waals surface area contributed by atoms with Gasteiger partial charge in [0.05, 0.1) is 17.4 Å². The van der Waals surface area contributed by atoms with Gasteiger partial charge in [-0.25, -0.2) is 9.97 Å². The van der Waals surface area contributed by atoms with Crippen LogP contribution in [0.4, 0.5) is 17.2 Å². The van der Waals surface area contributed by atoms with Crippen LogP contribution in [0, 0.1) is 6.92 Å². The lowest BCUT2D eigenvalue weighted by molar-refractivity contribution is 0.0966. The van der Waals surface area contributed by atoms with Gasteiger partial charge in [-0.05, 0) is 54.7 Å². The van der Waals surface area contributed by atoms with Gasteiger partial charge in [0.1, 0.15) is 11.9 Å². The first-order chi connectivity index (χ1) is 14.6. The molecule has 152 valence electrons. The van der Waals surface area contributed by atoms with Gasteiger partial charge >= 0.3 is 0 Å². The number of carbonyl (C=O) groups is 1. The van der Waals surface area contributed by atoms with Crippen LogP contribution >= 0.6 is 0 Å². The predicted octanol–water partition coefficient (Wildman–Crippen LogP) is 4.02. The fourth-order valence-electron chi connectivity index (χ4n) is 3.74. The van der Waals surface area contributed by atoms with Crippen LogP contribution in [0.5, 0.6) is 5.88 Å². The average Bonchev–Trinajstić information content (AvgIpc) is 3.49. The van der Waals surface area contributed by atoms with Gasteiger partial charge in [0, 0.05) is 37.1 Å². The third-order valence-corrected chi connectivity index (χ3v) is 5.46. The van der Waals surface area contributed by atoms with E-state index in [9.17, 15) is 4.79 Å². The number of nitrogens with zero attached hydrogens (tertiary/aromatic N) is 2. The van der Waals surface area contributed by atoms with Crippen molar-refractivity contribution in [3.63, 3.8) is 0 Å². The van der Waals surface area contributed by atoms with E-state index in [4.69, 9.17) is 4.74 Å². The van der Waals surface area contributed by atoms with Crippen LogP contribution in [0.1, 0.15) is 34.3 Å². The molecule has 1 saturated carbocycles. The second kappa shape index (κ2) is 7.33. The lowest BCUT2D eigenvalue weighted by Gasteiger charge is -2.14. The Kier molecular flexibility index (Phi) is 4.50. The van der Waals surface area contributed by atoms with Crippen LogP contribution in [0.25, 0.3) is 11.1 Å². The van der Waals surface area contributed by atoms with Gasteiger partial charge in [-0.3, -0.25) is 4.79 Å². The molecule has 1 aromatic carbocycles. The van der Waals surface area contributed by atoms with E-state index in [0.717, 1.165) is 57.9 Å². The number of fused-ring (bicyclic) bond motifs is 1. The Balaban J connectivity index is 1.39. The first kappa shape index (κ1) is 18.4. The van der Waals surface area contributed by atoms with Crippen molar-refractivity contribution in [2.24, 2.45) is 0 Å². The number of benzene rings is 1. The van der Waals surface area contributed by atoms with E-state index in [1.54, 1.807) is 6.20 Å². The zero-order valence-corrected chi connectivity index (χ0v) is 17.0. The smallest absolute Gasteiger partial charge is 0.254 e. The highest BCUT2D eigenvalue weighted by Crippen LogP contribution is 2.35. The standard InChI is InChI=1S/C23H23N5O2/c1-13-9-20(28-14-3-8-21(26-10-14)30-15-4-5-15)25-11-17(13)16-6-7-19(24-2)22-18(16)12-27-23(22)29/h3,6-11,15,24H,4-5,12H2,1-2H3,(H,25,28)(H,27,29). The minimum Gasteiger partial charge on any atom is -0.474 e. The summed E-state index contributed by atoms with van der Waals surface area (Å²) >= 11 is 0. The minimum absolute atomic E-state index is 0.0401. The van der Waals surface area contributed by atoms with Crippen molar-refractivity contribution in [3.05, 3.63) is 59.4 Å². The number of pyridine rings is 2. The summed E-state index contributed by atoms with van der Waals surface area (Å²) in [7, 11) is 1.83. The molecule has 3 aromatic rings. The van der Waals surface area contributed by atoms with Crippen molar-refractivity contribution in [1.82, 2.24) is 15.3 Å². The summed E-state index contributed by atoms with van der Waals surface area (Å²) in [5.74, 6) is 1.36. The maximum Gasteiger partial charge on any atom is 0.254 e. The highest BCUT2D eigenvalue weighted by molar-refractivity contribution is 6.05. The minimum atomic E-state index is -0.0401. The Hall–Kier alpha value is -3.61.